The first-order valence-electron chi connectivity index (χ1n) is 4.79. The van der Waals surface area contributed by atoms with Crippen molar-refractivity contribution >= 4 is 9.84 Å². The molecule has 0 aliphatic carbocycles. The Morgan fingerprint density at radius 1 is 1.31 bits per heavy atom. The van der Waals surface area contributed by atoms with E-state index in [-0.39, 0.29) is 16.8 Å². The first-order chi connectivity index (χ1) is 5.81. The summed E-state index contributed by atoms with van der Waals surface area (Å²) in [5.74, 6) is 0.384. The van der Waals surface area contributed by atoms with E-state index in [1.165, 1.54) is 0 Å². The van der Waals surface area contributed by atoms with E-state index in [1.807, 2.05) is 0 Å². The van der Waals surface area contributed by atoms with Crippen LogP contribution in [0.5, 0.6) is 0 Å². The number of rotatable bonds is 0. The first kappa shape index (κ1) is 9.46. The van der Waals surface area contributed by atoms with Crippen LogP contribution < -0.4 is 0 Å². The van der Waals surface area contributed by atoms with Crippen LogP contribution in [0.3, 0.4) is 0 Å². The van der Waals surface area contributed by atoms with Crippen molar-refractivity contribution < 1.29 is 8.42 Å². The highest BCUT2D eigenvalue weighted by Gasteiger charge is 2.50. The summed E-state index contributed by atoms with van der Waals surface area (Å²) in [5.41, 5.74) is 0.120. The lowest BCUT2D eigenvalue weighted by Gasteiger charge is -2.38. The first-order valence-corrected chi connectivity index (χ1v) is 6.50. The van der Waals surface area contributed by atoms with Gasteiger partial charge in [0.2, 0.25) is 0 Å². The van der Waals surface area contributed by atoms with E-state index in [0.29, 0.717) is 5.75 Å². The van der Waals surface area contributed by atoms with E-state index >= 15 is 0 Å². The molecule has 0 amide bonds. The number of hydrogen-bond acceptors (Lipinski definition) is 3. The molecule has 2 aliphatic rings. The summed E-state index contributed by atoms with van der Waals surface area (Å²) >= 11 is 0. The molecule has 2 fully saturated rings. The smallest absolute Gasteiger partial charge is 0.156 e. The van der Waals surface area contributed by atoms with Crippen molar-refractivity contribution in [2.45, 2.75) is 44.0 Å². The molecular formula is C9H17NO2S. The summed E-state index contributed by atoms with van der Waals surface area (Å²) in [5, 5.41) is -0.0725. The second-order valence-electron chi connectivity index (χ2n) is 5.16. The van der Waals surface area contributed by atoms with Crippen molar-refractivity contribution in [1.82, 2.24) is 4.90 Å². The van der Waals surface area contributed by atoms with Crippen LogP contribution in [0.15, 0.2) is 0 Å². The summed E-state index contributed by atoms with van der Waals surface area (Å²) in [4.78, 5) is 2.33. The van der Waals surface area contributed by atoms with Gasteiger partial charge in [-0.1, -0.05) is 0 Å². The minimum atomic E-state index is -2.72. The van der Waals surface area contributed by atoms with Crippen LogP contribution >= 0.6 is 0 Å². The van der Waals surface area contributed by atoms with Crippen molar-refractivity contribution in [3.05, 3.63) is 0 Å². The zero-order valence-corrected chi connectivity index (χ0v) is 9.26. The normalized spacial score (nSPS) is 38.4. The monoisotopic (exact) mass is 203 g/mol. The standard InChI is InChI=1S/C9H17NO2S/c1-9(2,3)10-5-8-4-7(10)6-13(8,11)12/h7-8H,4-6H2,1-3H3/t7-,8-/m1/s1. The molecule has 2 heterocycles. The molecule has 0 N–H and O–H groups in total. The predicted octanol–water partition coefficient (Wildman–Crippen LogP) is 0.656. The lowest BCUT2D eigenvalue weighted by molar-refractivity contribution is 0.129. The highest BCUT2D eigenvalue weighted by atomic mass is 32.2. The summed E-state index contributed by atoms with van der Waals surface area (Å²) in [6.45, 7) is 7.21. The molecule has 0 aromatic carbocycles. The Morgan fingerprint density at radius 3 is 2.23 bits per heavy atom. The lowest BCUT2D eigenvalue weighted by Crippen LogP contribution is -2.50. The van der Waals surface area contributed by atoms with Gasteiger partial charge in [0.25, 0.3) is 0 Å². The van der Waals surface area contributed by atoms with Gasteiger partial charge in [0.15, 0.2) is 9.84 Å². The highest BCUT2D eigenvalue weighted by molar-refractivity contribution is 7.92. The molecule has 0 unspecified atom stereocenters. The molecule has 2 rings (SSSR count). The van der Waals surface area contributed by atoms with E-state index in [1.54, 1.807) is 0 Å². The van der Waals surface area contributed by atoms with Crippen LogP contribution in [0.2, 0.25) is 0 Å². The molecule has 0 aromatic rings. The fourth-order valence-corrected chi connectivity index (χ4v) is 4.55. The quantitative estimate of drug-likeness (QED) is 0.580. The Morgan fingerprint density at radius 2 is 1.92 bits per heavy atom. The third-order valence-electron chi connectivity index (χ3n) is 3.17. The number of hydrogen-bond donors (Lipinski definition) is 0. The van der Waals surface area contributed by atoms with E-state index in [9.17, 15) is 8.42 Å². The summed E-state index contributed by atoms with van der Waals surface area (Å²) < 4.78 is 22.9. The highest BCUT2D eigenvalue weighted by Crippen LogP contribution is 2.36. The fraction of sp³-hybridized carbons (Fsp3) is 1.00. The Kier molecular flexibility index (Phi) is 1.81. The van der Waals surface area contributed by atoms with Gasteiger partial charge in [-0.2, -0.15) is 0 Å². The second kappa shape index (κ2) is 2.48. The maximum atomic E-state index is 11.5. The molecular weight excluding hydrogens is 186 g/mol. The average molecular weight is 203 g/mol. The van der Waals surface area contributed by atoms with Gasteiger partial charge in [-0.25, -0.2) is 8.42 Å². The zero-order valence-electron chi connectivity index (χ0n) is 8.45. The van der Waals surface area contributed by atoms with Gasteiger partial charge in [-0.3, -0.25) is 4.90 Å². The van der Waals surface area contributed by atoms with Crippen molar-refractivity contribution in [2.24, 2.45) is 0 Å². The van der Waals surface area contributed by atoms with E-state index in [2.05, 4.69) is 25.7 Å². The maximum absolute atomic E-state index is 11.5. The number of fused-ring (bicyclic) bond motifs is 2. The zero-order chi connectivity index (χ0) is 9.85. The van der Waals surface area contributed by atoms with Gasteiger partial charge in [-0.05, 0) is 27.2 Å². The summed E-state index contributed by atoms with van der Waals surface area (Å²) in [6.07, 6.45) is 0.861. The Balaban J connectivity index is 2.21. The van der Waals surface area contributed by atoms with Gasteiger partial charge in [0.1, 0.15) is 0 Å². The molecule has 0 spiro atoms. The van der Waals surface area contributed by atoms with E-state index in [4.69, 9.17) is 0 Å². The molecule has 3 nitrogen and oxygen atoms in total. The molecule has 2 bridgehead atoms. The van der Waals surface area contributed by atoms with Crippen molar-refractivity contribution in [3.8, 4) is 0 Å². The molecule has 0 saturated carbocycles. The van der Waals surface area contributed by atoms with Crippen molar-refractivity contribution in [3.63, 3.8) is 0 Å². The second-order valence-corrected chi connectivity index (χ2v) is 7.49. The Hall–Kier alpha value is -0.0900. The van der Waals surface area contributed by atoms with Crippen LogP contribution in [-0.2, 0) is 9.84 Å². The fourth-order valence-electron chi connectivity index (χ4n) is 2.52. The van der Waals surface area contributed by atoms with Crippen LogP contribution in [0.25, 0.3) is 0 Å². The third kappa shape index (κ3) is 1.40. The molecule has 2 atom stereocenters. The van der Waals surface area contributed by atoms with Gasteiger partial charge in [0.05, 0.1) is 11.0 Å². The molecule has 76 valence electrons. The lowest BCUT2D eigenvalue weighted by atomic mass is 10.1. The average Bonchev–Trinajstić information content (AvgIpc) is 2.38. The SMILES string of the molecule is CC(C)(C)N1C[C@H]2C[C@@H]1CS2(=O)=O. The molecule has 0 aromatic heterocycles. The van der Waals surface area contributed by atoms with Crippen LogP contribution in [-0.4, -0.2) is 42.4 Å². The van der Waals surface area contributed by atoms with Gasteiger partial charge in [-0.15, -0.1) is 0 Å². The van der Waals surface area contributed by atoms with Crippen molar-refractivity contribution in [2.75, 3.05) is 12.3 Å². The molecule has 4 heteroatoms. The van der Waals surface area contributed by atoms with Crippen LogP contribution in [0.4, 0.5) is 0 Å². The maximum Gasteiger partial charge on any atom is 0.156 e. The summed E-state index contributed by atoms with van der Waals surface area (Å²) in [6, 6.07) is 0.287. The van der Waals surface area contributed by atoms with E-state index < -0.39 is 9.84 Å². The van der Waals surface area contributed by atoms with Crippen LogP contribution in [0, 0.1) is 0 Å². The number of sulfone groups is 1. The van der Waals surface area contributed by atoms with E-state index in [0.717, 1.165) is 13.0 Å². The number of nitrogens with zero attached hydrogens (tertiary/aromatic N) is 1. The minimum absolute atomic E-state index is 0.0725. The van der Waals surface area contributed by atoms with Gasteiger partial charge < -0.3 is 0 Å². The van der Waals surface area contributed by atoms with Crippen molar-refractivity contribution in [1.29, 1.82) is 0 Å². The topological polar surface area (TPSA) is 37.4 Å². The minimum Gasteiger partial charge on any atom is -0.293 e. The molecule has 2 saturated heterocycles. The Labute approximate surface area is 80.0 Å². The molecule has 13 heavy (non-hydrogen) atoms. The largest absolute Gasteiger partial charge is 0.293 e. The number of likely N-dealkylation sites (tertiary alicyclic amines) is 1. The summed E-state index contributed by atoms with van der Waals surface area (Å²) in [7, 11) is -2.72. The Bertz CT molecular complexity index is 315. The van der Waals surface area contributed by atoms with Gasteiger partial charge in [0, 0.05) is 18.1 Å². The molecule has 0 radical (unpaired) electrons. The predicted molar refractivity (Wildman–Crippen MR) is 52.4 cm³/mol. The molecule has 2 aliphatic heterocycles. The third-order valence-corrected chi connectivity index (χ3v) is 5.38. The van der Waals surface area contributed by atoms with Crippen LogP contribution in [0.1, 0.15) is 27.2 Å². The van der Waals surface area contributed by atoms with Gasteiger partial charge >= 0.3 is 0 Å².